The number of rotatable bonds is 7. The van der Waals surface area contributed by atoms with Gasteiger partial charge < -0.3 is 10.1 Å². The van der Waals surface area contributed by atoms with E-state index in [1.54, 1.807) is 43.5 Å². The molecule has 0 aliphatic carbocycles. The molecule has 0 aliphatic heterocycles. The Morgan fingerprint density at radius 3 is 2.26 bits per heavy atom. The number of benzene rings is 2. The first kappa shape index (κ1) is 20.5. The fraction of sp³-hybridized carbons (Fsp3) is 0.250. The Balaban J connectivity index is 1.98. The molecular formula is C20H22ClN3O3. The largest absolute Gasteiger partial charge is 0.497 e. The van der Waals surface area contributed by atoms with Gasteiger partial charge in [0.15, 0.2) is 0 Å². The lowest BCUT2D eigenvalue weighted by Gasteiger charge is -2.20. The minimum Gasteiger partial charge on any atom is -0.497 e. The van der Waals surface area contributed by atoms with Crippen LogP contribution < -0.4 is 15.5 Å². The number of amides is 2. The van der Waals surface area contributed by atoms with E-state index in [9.17, 15) is 9.59 Å². The maximum Gasteiger partial charge on any atom is 0.262 e. The number of carbonyl (C=O) groups excluding carboxylic acids is 2. The van der Waals surface area contributed by atoms with E-state index < -0.39 is 11.9 Å². The van der Waals surface area contributed by atoms with Gasteiger partial charge in [-0.25, -0.2) is 5.43 Å². The van der Waals surface area contributed by atoms with Crippen LogP contribution in [0.15, 0.2) is 53.6 Å². The molecule has 2 N–H and O–H groups in total. The first-order valence-corrected chi connectivity index (χ1v) is 8.82. The Bertz CT molecular complexity index is 802. The highest BCUT2D eigenvalue weighted by atomic mass is 35.5. The summed E-state index contributed by atoms with van der Waals surface area (Å²) in [4.78, 5) is 24.8. The van der Waals surface area contributed by atoms with Gasteiger partial charge in [0.1, 0.15) is 11.8 Å². The van der Waals surface area contributed by atoms with Gasteiger partial charge in [-0.15, -0.1) is 0 Å². The van der Waals surface area contributed by atoms with Crippen LogP contribution in [0.25, 0.3) is 0 Å². The molecule has 0 spiro atoms. The summed E-state index contributed by atoms with van der Waals surface area (Å²) < 4.78 is 5.09. The number of methoxy groups -OCH3 is 1. The van der Waals surface area contributed by atoms with E-state index >= 15 is 0 Å². The summed E-state index contributed by atoms with van der Waals surface area (Å²) in [5, 5.41) is 7.23. The summed E-state index contributed by atoms with van der Waals surface area (Å²) in [5.41, 5.74) is 3.71. The van der Waals surface area contributed by atoms with E-state index in [4.69, 9.17) is 16.3 Å². The van der Waals surface area contributed by atoms with Gasteiger partial charge in [0.25, 0.3) is 11.8 Å². The van der Waals surface area contributed by atoms with Crippen LogP contribution in [0.4, 0.5) is 0 Å². The molecule has 1 atom stereocenters. The smallest absolute Gasteiger partial charge is 0.262 e. The molecule has 0 aliphatic rings. The van der Waals surface area contributed by atoms with Crippen molar-refractivity contribution in [3.05, 3.63) is 64.7 Å². The molecule has 0 saturated heterocycles. The number of carbonyl (C=O) groups is 2. The van der Waals surface area contributed by atoms with E-state index in [2.05, 4.69) is 15.8 Å². The van der Waals surface area contributed by atoms with Crippen molar-refractivity contribution >= 4 is 29.6 Å². The van der Waals surface area contributed by atoms with E-state index in [-0.39, 0.29) is 11.8 Å². The first-order chi connectivity index (χ1) is 12.9. The van der Waals surface area contributed by atoms with Crippen LogP contribution in [0.5, 0.6) is 5.75 Å². The van der Waals surface area contributed by atoms with Gasteiger partial charge in [-0.3, -0.25) is 9.59 Å². The minimum atomic E-state index is -0.721. The van der Waals surface area contributed by atoms with Gasteiger partial charge in [0.05, 0.1) is 13.3 Å². The van der Waals surface area contributed by atoms with Crippen molar-refractivity contribution in [1.82, 2.24) is 10.7 Å². The van der Waals surface area contributed by atoms with E-state index in [0.717, 1.165) is 11.3 Å². The predicted octanol–water partition coefficient (Wildman–Crippen LogP) is 3.25. The summed E-state index contributed by atoms with van der Waals surface area (Å²) in [6.45, 7) is 3.69. The van der Waals surface area contributed by atoms with Crippen molar-refractivity contribution in [2.24, 2.45) is 11.0 Å². The normalized spacial score (nSPS) is 12.0. The number of nitrogens with zero attached hydrogens (tertiary/aromatic N) is 1. The molecule has 0 aromatic heterocycles. The summed E-state index contributed by atoms with van der Waals surface area (Å²) in [5.74, 6) is -0.116. The van der Waals surface area contributed by atoms with Crippen LogP contribution in [0, 0.1) is 5.92 Å². The summed E-state index contributed by atoms with van der Waals surface area (Å²) in [6.07, 6.45) is 1.52. The van der Waals surface area contributed by atoms with Crippen molar-refractivity contribution in [2.75, 3.05) is 7.11 Å². The van der Waals surface area contributed by atoms with Crippen molar-refractivity contribution in [3.8, 4) is 5.75 Å². The highest BCUT2D eigenvalue weighted by Crippen LogP contribution is 2.11. The highest BCUT2D eigenvalue weighted by molar-refractivity contribution is 6.30. The van der Waals surface area contributed by atoms with Crippen molar-refractivity contribution < 1.29 is 14.3 Å². The summed E-state index contributed by atoms with van der Waals surface area (Å²) >= 11 is 5.83. The molecule has 7 heteroatoms. The lowest BCUT2D eigenvalue weighted by molar-refractivity contribution is -0.123. The monoisotopic (exact) mass is 387 g/mol. The second-order valence-corrected chi connectivity index (χ2v) is 6.65. The number of hydrogen-bond donors (Lipinski definition) is 2. The van der Waals surface area contributed by atoms with E-state index in [1.807, 2.05) is 26.0 Å². The van der Waals surface area contributed by atoms with Crippen molar-refractivity contribution in [2.45, 2.75) is 19.9 Å². The first-order valence-electron chi connectivity index (χ1n) is 8.44. The Kier molecular flexibility index (Phi) is 7.37. The average molecular weight is 388 g/mol. The molecule has 27 heavy (non-hydrogen) atoms. The molecular weight excluding hydrogens is 366 g/mol. The third kappa shape index (κ3) is 6.11. The lowest BCUT2D eigenvalue weighted by atomic mass is 10.0. The Hall–Kier alpha value is -2.86. The maximum atomic E-state index is 12.4. The SMILES string of the molecule is COc1ccc(C=NNC(=O)C(NC(=O)c2ccc(Cl)cc2)C(C)C)cc1. The number of halogens is 1. The van der Waals surface area contributed by atoms with Crippen LogP contribution in [0.3, 0.4) is 0 Å². The second-order valence-electron chi connectivity index (χ2n) is 6.21. The van der Waals surface area contributed by atoms with Gasteiger partial charge >= 0.3 is 0 Å². The van der Waals surface area contributed by atoms with Gasteiger partial charge in [-0.05, 0) is 60.0 Å². The third-order valence-corrected chi connectivity index (χ3v) is 4.10. The quantitative estimate of drug-likeness (QED) is 0.565. The molecule has 0 heterocycles. The standard InChI is InChI=1S/C20H22ClN3O3/c1-13(2)18(23-19(25)15-6-8-16(21)9-7-15)20(26)24-22-12-14-4-10-17(27-3)11-5-14/h4-13,18H,1-3H3,(H,23,25)(H,24,26). The summed E-state index contributed by atoms with van der Waals surface area (Å²) in [6, 6.07) is 13.0. The molecule has 2 rings (SSSR count). The van der Waals surface area contributed by atoms with Crippen LogP contribution in [-0.4, -0.2) is 31.2 Å². The number of hydrazone groups is 1. The zero-order chi connectivity index (χ0) is 19.8. The zero-order valence-electron chi connectivity index (χ0n) is 15.4. The van der Waals surface area contributed by atoms with Crippen molar-refractivity contribution in [3.63, 3.8) is 0 Å². The third-order valence-electron chi connectivity index (χ3n) is 3.85. The molecule has 0 saturated carbocycles. The predicted molar refractivity (Wildman–Crippen MR) is 106 cm³/mol. The lowest BCUT2D eigenvalue weighted by Crippen LogP contribution is -2.48. The highest BCUT2D eigenvalue weighted by Gasteiger charge is 2.24. The zero-order valence-corrected chi connectivity index (χ0v) is 16.2. The average Bonchev–Trinajstić information content (AvgIpc) is 2.66. The second kappa shape index (κ2) is 9.73. The van der Waals surface area contributed by atoms with Gasteiger partial charge in [-0.2, -0.15) is 5.10 Å². The van der Waals surface area contributed by atoms with Crippen LogP contribution in [0.1, 0.15) is 29.8 Å². The number of ether oxygens (including phenoxy) is 1. The van der Waals surface area contributed by atoms with Crippen LogP contribution in [0.2, 0.25) is 5.02 Å². The molecule has 2 aromatic carbocycles. The van der Waals surface area contributed by atoms with Crippen LogP contribution >= 0.6 is 11.6 Å². The molecule has 1 unspecified atom stereocenters. The molecule has 0 radical (unpaired) electrons. The van der Waals surface area contributed by atoms with Crippen molar-refractivity contribution in [1.29, 1.82) is 0 Å². The fourth-order valence-corrected chi connectivity index (χ4v) is 2.42. The van der Waals surface area contributed by atoms with Gasteiger partial charge in [0, 0.05) is 10.6 Å². The van der Waals surface area contributed by atoms with E-state index in [0.29, 0.717) is 10.6 Å². The van der Waals surface area contributed by atoms with Crippen LogP contribution in [-0.2, 0) is 4.79 Å². The molecule has 2 amide bonds. The molecule has 2 aromatic rings. The number of hydrogen-bond acceptors (Lipinski definition) is 4. The minimum absolute atomic E-state index is 0.113. The molecule has 6 nitrogen and oxygen atoms in total. The maximum absolute atomic E-state index is 12.4. The fourth-order valence-electron chi connectivity index (χ4n) is 2.29. The molecule has 0 bridgehead atoms. The van der Waals surface area contributed by atoms with E-state index in [1.165, 1.54) is 6.21 Å². The summed E-state index contributed by atoms with van der Waals surface area (Å²) in [7, 11) is 1.59. The van der Waals surface area contributed by atoms with Gasteiger partial charge in [-0.1, -0.05) is 25.4 Å². The Morgan fingerprint density at radius 1 is 1.07 bits per heavy atom. The Labute approximate surface area is 163 Å². The topological polar surface area (TPSA) is 79.8 Å². The van der Waals surface area contributed by atoms with Gasteiger partial charge in [0.2, 0.25) is 0 Å². The number of nitrogens with one attached hydrogen (secondary N) is 2. The molecule has 0 fully saturated rings. The Morgan fingerprint density at radius 2 is 1.70 bits per heavy atom. The molecule has 142 valence electrons.